The number of benzene rings is 2. The Morgan fingerprint density at radius 2 is 1.76 bits per heavy atom. The van der Waals surface area contributed by atoms with E-state index >= 15 is 0 Å². The summed E-state index contributed by atoms with van der Waals surface area (Å²) in [6.45, 7) is 0.749. The van der Waals surface area contributed by atoms with E-state index in [1.807, 2.05) is 24.3 Å². The lowest BCUT2D eigenvalue weighted by Crippen LogP contribution is -2.42. The topological polar surface area (TPSA) is 67.4 Å². The van der Waals surface area contributed by atoms with Crippen LogP contribution >= 0.6 is 0 Å². The molecule has 2 aromatic rings. The second kappa shape index (κ2) is 7.65. The van der Waals surface area contributed by atoms with Gasteiger partial charge in [-0.25, -0.2) is 8.42 Å². The molecule has 2 heterocycles. The van der Waals surface area contributed by atoms with Crippen molar-refractivity contribution < 1.29 is 13.2 Å². The average Bonchev–Trinajstić information content (AvgIpc) is 3.24. The minimum atomic E-state index is -3.64. The van der Waals surface area contributed by atoms with Gasteiger partial charge in [0.05, 0.1) is 11.0 Å². The molecule has 1 aliphatic carbocycles. The molecule has 0 unspecified atom stereocenters. The molecule has 2 aromatic carbocycles. The van der Waals surface area contributed by atoms with Gasteiger partial charge in [0.1, 0.15) is 0 Å². The van der Waals surface area contributed by atoms with Gasteiger partial charge < -0.3 is 10.1 Å². The molecular weight excluding hydrogens is 384 g/mol. The average molecular weight is 413 g/mol. The zero-order chi connectivity index (χ0) is 19.8. The van der Waals surface area contributed by atoms with Crippen LogP contribution < -0.4 is 10.0 Å². The van der Waals surface area contributed by atoms with Crippen molar-refractivity contribution in [3.63, 3.8) is 0 Å². The zero-order valence-corrected chi connectivity index (χ0v) is 17.3. The van der Waals surface area contributed by atoms with Gasteiger partial charge >= 0.3 is 0 Å². The maximum Gasteiger partial charge on any atom is 0.261 e. The summed E-state index contributed by atoms with van der Waals surface area (Å²) in [7, 11) is -3.64. The maximum atomic E-state index is 12.9. The van der Waals surface area contributed by atoms with Gasteiger partial charge in [-0.3, -0.25) is 4.72 Å². The van der Waals surface area contributed by atoms with E-state index in [1.165, 1.54) is 32.1 Å². The van der Waals surface area contributed by atoms with Gasteiger partial charge in [0.15, 0.2) is 0 Å². The summed E-state index contributed by atoms with van der Waals surface area (Å²) in [6.07, 6.45) is 7.57. The molecule has 3 atom stereocenters. The van der Waals surface area contributed by atoms with Crippen molar-refractivity contribution in [2.24, 2.45) is 11.8 Å². The first-order valence-corrected chi connectivity index (χ1v) is 12.2. The number of sulfonamides is 1. The largest absolute Gasteiger partial charge is 0.381 e. The molecule has 0 bridgehead atoms. The van der Waals surface area contributed by atoms with Crippen LogP contribution in [0.15, 0.2) is 53.4 Å². The number of nitrogens with one attached hydrogen (secondary N) is 2. The Balaban J connectivity index is 1.45. The van der Waals surface area contributed by atoms with Crippen LogP contribution in [-0.4, -0.2) is 21.1 Å². The number of para-hydroxylation sites is 1. The van der Waals surface area contributed by atoms with E-state index < -0.39 is 10.0 Å². The molecule has 0 spiro atoms. The van der Waals surface area contributed by atoms with Crippen LogP contribution in [0.2, 0.25) is 0 Å². The Bertz CT molecular complexity index is 971. The predicted molar refractivity (Wildman–Crippen MR) is 114 cm³/mol. The van der Waals surface area contributed by atoms with Crippen molar-refractivity contribution in [1.29, 1.82) is 0 Å². The Hall–Kier alpha value is -2.05. The van der Waals surface area contributed by atoms with Crippen molar-refractivity contribution in [3.8, 4) is 0 Å². The molecule has 29 heavy (non-hydrogen) atoms. The zero-order valence-electron chi connectivity index (χ0n) is 16.5. The summed E-state index contributed by atoms with van der Waals surface area (Å²) < 4.78 is 34.6. The fourth-order valence-corrected chi connectivity index (χ4v) is 6.43. The van der Waals surface area contributed by atoms with E-state index in [2.05, 4.69) is 10.0 Å². The Morgan fingerprint density at radius 1 is 0.966 bits per heavy atom. The monoisotopic (exact) mass is 412 g/mol. The van der Waals surface area contributed by atoms with Crippen molar-refractivity contribution in [3.05, 3.63) is 54.1 Å². The number of anilines is 2. The van der Waals surface area contributed by atoms with E-state index in [9.17, 15) is 8.42 Å². The van der Waals surface area contributed by atoms with Crippen LogP contribution in [0.1, 0.15) is 50.2 Å². The van der Waals surface area contributed by atoms with Gasteiger partial charge in [0.25, 0.3) is 10.0 Å². The quantitative estimate of drug-likeness (QED) is 0.746. The van der Waals surface area contributed by atoms with Gasteiger partial charge in [0, 0.05) is 35.5 Å². The number of ether oxygens (including phenoxy) is 1. The minimum Gasteiger partial charge on any atom is -0.381 e. The summed E-state index contributed by atoms with van der Waals surface area (Å²) in [4.78, 5) is 0.285. The fourth-order valence-electron chi connectivity index (χ4n) is 5.34. The summed E-state index contributed by atoms with van der Waals surface area (Å²) in [5, 5.41) is 3.77. The van der Waals surface area contributed by atoms with Gasteiger partial charge in [-0.1, -0.05) is 37.5 Å². The highest BCUT2D eigenvalue weighted by Crippen LogP contribution is 2.48. The second-order valence-electron chi connectivity index (χ2n) is 8.53. The first-order valence-electron chi connectivity index (χ1n) is 10.7. The van der Waals surface area contributed by atoms with E-state index in [4.69, 9.17) is 4.74 Å². The van der Waals surface area contributed by atoms with E-state index in [-0.39, 0.29) is 11.0 Å². The van der Waals surface area contributed by atoms with Crippen molar-refractivity contribution in [2.75, 3.05) is 16.6 Å². The number of hydrogen-bond acceptors (Lipinski definition) is 4. The van der Waals surface area contributed by atoms with Crippen molar-refractivity contribution in [1.82, 2.24) is 0 Å². The number of rotatable bonds is 4. The van der Waals surface area contributed by atoms with E-state index in [0.717, 1.165) is 24.3 Å². The van der Waals surface area contributed by atoms with Gasteiger partial charge in [-0.2, -0.15) is 0 Å². The summed E-state index contributed by atoms with van der Waals surface area (Å²) in [5.74, 6) is 1.11. The van der Waals surface area contributed by atoms with Gasteiger partial charge in [-0.15, -0.1) is 0 Å². The van der Waals surface area contributed by atoms with E-state index in [0.29, 0.717) is 23.6 Å². The minimum absolute atomic E-state index is 0.00921. The lowest BCUT2D eigenvalue weighted by atomic mass is 9.73. The van der Waals surface area contributed by atoms with Crippen LogP contribution in [0, 0.1) is 11.8 Å². The van der Waals surface area contributed by atoms with Crippen LogP contribution in [0.5, 0.6) is 0 Å². The standard InChI is InChI=1S/C23H28N2O3S/c26-29(27,25-17-9-5-2-6-10-17)18-11-12-21-20(15-18)23-19(13-14-28-23)22(24-21)16-7-3-1-4-8-16/h2,5-6,9-12,15-16,19,22-25H,1,3-4,7-8,13-14H2/t19-,22-,23-/m0/s1. The fraction of sp³-hybridized carbons (Fsp3) is 0.478. The third kappa shape index (κ3) is 3.64. The highest BCUT2D eigenvalue weighted by molar-refractivity contribution is 7.92. The van der Waals surface area contributed by atoms with Crippen LogP contribution in [0.4, 0.5) is 11.4 Å². The molecule has 2 aliphatic heterocycles. The lowest BCUT2D eigenvalue weighted by Gasteiger charge is -2.42. The molecule has 3 aliphatic rings. The normalized spacial score (nSPS) is 27.0. The Kier molecular flexibility index (Phi) is 5.00. The molecule has 1 saturated heterocycles. The second-order valence-corrected chi connectivity index (χ2v) is 10.2. The highest BCUT2D eigenvalue weighted by atomic mass is 32.2. The van der Waals surface area contributed by atoms with Gasteiger partial charge in [-0.05, 0) is 55.5 Å². The molecule has 2 fully saturated rings. The molecule has 154 valence electrons. The molecule has 2 N–H and O–H groups in total. The third-order valence-electron chi connectivity index (χ3n) is 6.74. The predicted octanol–water partition coefficient (Wildman–Crippen LogP) is 4.94. The summed E-state index contributed by atoms with van der Waals surface area (Å²) in [5.41, 5.74) is 2.58. The van der Waals surface area contributed by atoms with Crippen LogP contribution in [0.3, 0.4) is 0 Å². The molecule has 5 nitrogen and oxygen atoms in total. The smallest absolute Gasteiger partial charge is 0.261 e. The van der Waals surface area contributed by atoms with Crippen LogP contribution in [-0.2, 0) is 14.8 Å². The molecule has 5 rings (SSSR count). The number of fused-ring (bicyclic) bond motifs is 3. The summed E-state index contributed by atoms with van der Waals surface area (Å²) in [6, 6.07) is 14.8. The first kappa shape index (κ1) is 18.9. The maximum absolute atomic E-state index is 12.9. The lowest BCUT2D eigenvalue weighted by molar-refractivity contribution is 0.0730. The summed E-state index contributed by atoms with van der Waals surface area (Å²) >= 11 is 0. The van der Waals surface area contributed by atoms with Crippen molar-refractivity contribution >= 4 is 21.4 Å². The first-order chi connectivity index (χ1) is 14.1. The molecular formula is C23H28N2O3S. The third-order valence-corrected chi connectivity index (χ3v) is 8.12. The SMILES string of the molecule is O=S(=O)(Nc1ccccc1)c1ccc2c(c1)[C@H]1OCC[C@H]1[C@H](C1CCCCC1)N2. The molecule has 0 amide bonds. The number of hydrogen-bond donors (Lipinski definition) is 2. The van der Waals surface area contributed by atoms with Crippen LogP contribution in [0.25, 0.3) is 0 Å². The molecule has 1 saturated carbocycles. The van der Waals surface area contributed by atoms with Crippen molar-refractivity contribution in [2.45, 2.75) is 55.6 Å². The van der Waals surface area contributed by atoms with Gasteiger partial charge in [0.2, 0.25) is 0 Å². The van der Waals surface area contributed by atoms with E-state index in [1.54, 1.807) is 24.3 Å². The Morgan fingerprint density at radius 3 is 2.55 bits per heavy atom. The highest BCUT2D eigenvalue weighted by Gasteiger charge is 2.44. The molecule has 0 aromatic heterocycles. The molecule has 0 radical (unpaired) electrons. The molecule has 6 heteroatoms. The Labute approximate surface area is 172 Å².